The Kier molecular flexibility index (Phi) is 8.98. The molecule has 0 saturated heterocycles. The average molecular weight is 600 g/mol. The molecule has 43 heavy (non-hydrogen) atoms. The van der Waals surface area contributed by atoms with Gasteiger partial charge in [0.15, 0.2) is 5.69 Å². The number of amides is 2. The highest BCUT2D eigenvalue weighted by Gasteiger charge is 2.34. The van der Waals surface area contributed by atoms with Gasteiger partial charge in [-0.15, -0.1) is 0 Å². The van der Waals surface area contributed by atoms with Crippen molar-refractivity contribution in [3.63, 3.8) is 0 Å². The topological polar surface area (TPSA) is 139 Å². The Morgan fingerprint density at radius 1 is 1.05 bits per heavy atom. The fourth-order valence-electron chi connectivity index (χ4n) is 5.26. The number of alkyl carbamates (subject to hydrolysis) is 1. The van der Waals surface area contributed by atoms with Gasteiger partial charge in [0.05, 0.1) is 33.0 Å². The van der Waals surface area contributed by atoms with Crippen LogP contribution in [0.5, 0.6) is 0 Å². The summed E-state index contributed by atoms with van der Waals surface area (Å²) in [6.07, 6.45) is -2.67. The summed E-state index contributed by atoms with van der Waals surface area (Å²) in [7, 11) is 0. The highest BCUT2D eigenvalue weighted by molar-refractivity contribution is 6.06. The van der Waals surface area contributed by atoms with Crippen LogP contribution in [-0.2, 0) is 23.9 Å². The zero-order chi connectivity index (χ0) is 31.5. The van der Waals surface area contributed by atoms with Gasteiger partial charge in [0, 0.05) is 18.6 Å². The van der Waals surface area contributed by atoms with Crippen LogP contribution in [-0.4, -0.2) is 39.2 Å². The number of carbonyl (C=O) groups is 2. The summed E-state index contributed by atoms with van der Waals surface area (Å²) in [6.45, 7) is 5.34. The van der Waals surface area contributed by atoms with E-state index in [0.29, 0.717) is 36.8 Å². The van der Waals surface area contributed by atoms with Crippen LogP contribution in [0.4, 0.5) is 23.7 Å². The Morgan fingerprint density at radius 2 is 1.65 bits per heavy atom. The number of aromatic nitrogens is 1. The lowest BCUT2D eigenvalue weighted by Crippen LogP contribution is -2.45. The quantitative estimate of drug-likeness (QED) is 0.243. The number of nitrogens with zero attached hydrogens (tertiary/aromatic N) is 3. The first kappa shape index (κ1) is 31.3. The van der Waals surface area contributed by atoms with Crippen LogP contribution in [0.1, 0.15) is 73.6 Å². The van der Waals surface area contributed by atoms with Gasteiger partial charge in [-0.2, -0.15) is 18.4 Å². The predicted molar refractivity (Wildman–Crippen MR) is 151 cm³/mol. The molecule has 1 aliphatic rings. The molecule has 3 aromatic rings. The third kappa shape index (κ3) is 7.63. The summed E-state index contributed by atoms with van der Waals surface area (Å²) in [4.78, 5) is 37.4. The zero-order valence-corrected chi connectivity index (χ0v) is 24.0. The third-order valence-electron chi connectivity index (χ3n) is 7.25. The minimum absolute atomic E-state index is 0.0416. The summed E-state index contributed by atoms with van der Waals surface area (Å²) in [5, 5.41) is 27.6. The van der Waals surface area contributed by atoms with Crippen LogP contribution in [0.25, 0.3) is 10.9 Å². The predicted octanol–water partition coefficient (Wildman–Crippen LogP) is 6.25. The molecule has 2 N–H and O–H groups in total. The highest BCUT2D eigenvalue weighted by Crippen LogP contribution is 2.35. The maximum Gasteiger partial charge on any atom is 0.416 e. The van der Waals surface area contributed by atoms with E-state index in [0.717, 1.165) is 12.1 Å². The van der Waals surface area contributed by atoms with E-state index >= 15 is 0 Å². The Bertz CT molecular complexity index is 1560. The number of hydrogen-bond acceptors (Lipinski definition) is 6. The van der Waals surface area contributed by atoms with Crippen molar-refractivity contribution < 1.29 is 32.4 Å². The summed E-state index contributed by atoms with van der Waals surface area (Å²) < 4.78 is 45.8. The van der Waals surface area contributed by atoms with Crippen LogP contribution in [0.15, 0.2) is 42.5 Å². The number of ether oxygens (including phenoxy) is 1. The molecule has 0 atom stereocenters. The molecule has 4 rings (SSSR count). The van der Waals surface area contributed by atoms with Gasteiger partial charge in [0.25, 0.3) is 5.91 Å². The number of hydrogen-bond donors (Lipinski definition) is 2. The lowest BCUT2D eigenvalue weighted by molar-refractivity contribution is -0.383. The molecule has 2 aromatic carbocycles. The molecule has 1 aliphatic carbocycles. The van der Waals surface area contributed by atoms with Crippen LogP contribution >= 0.6 is 0 Å². The molecule has 0 radical (unpaired) electrons. The fourth-order valence-corrected chi connectivity index (χ4v) is 5.26. The van der Waals surface area contributed by atoms with E-state index in [1.165, 1.54) is 34.9 Å². The number of nitro groups is 1. The van der Waals surface area contributed by atoms with Gasteiger partial charge >= 0.3 is 18.0 Å². The highest BCUT2D eigenvalue weighted by atomic mass is 19.4. The van der Waals surface area contributed by atoms with Crippen LogP contribution in [0.3, 0.4) is 0 Å². The van der Waals surface area contributed by atoms with Crippen molar-refractivity contribution in [3.05, 3.63) is 75.0 Å². The molecule has 10 nitrogen and oxygen atoms in total. The van der Waals surface area contributed by atoms with Crippen molar-refractivity contribution in [1.29, 1.82) is 5.26 Å². The number of halogens is 3. The molecule has 0 bridgehead atoms. The number of nitrogens with one attached hydrogen (secondary N) is 2. The number of benzene rings is 2. The average Bonchev–Trinajstić information content (AvgIpc) is 3.25. The fraction of sp³-hybridized carbons (Fsp3) is 0.433. The van der Waals surface area contributed by atoms with Gasteiger partial charge in [0.1, 0.15) is 5.60 Å². The second kappa shape index (κ2) is 12.3. The summed E-state index contributed by atoms with van der Waals surface area (Å²) in [5.74, 6) is -0.669. The molecule has 228 valence electrons. The van der Waals surface area contributed by atoms with Gasteiger partial charge in [-0.05, 0) is 88.8 Å². The maximum absolute atomic E-state index is 13.6. The van der Waals surface area contributed by atoms with Crippen LogP contribution < -0.4 is 10.6 Å². The molecule has 1 heterocycles. The lowest BCUT2D eigenvalue weighted by atomic mass is 9.91. The maximum atomic E-state index is 13.6. The molecule has 0 spiro atoms. The zero-order valence-electron chi connectivity index (χ0n) is 24.0. The lowest BCUT2D eigenvalue weighted by Gasteiger charge is -2.30. The van der Waals surface area contributed by atoms with Crippen molar-refractivity contribution in [2.45, 2.75) is 83.3 Å². The molecule has 1 fully saturated rings. The van der Waals surface area contributed by atoms with Crippen molar-refractivity contribution >= 4 is 28.6 Å². The second-order valence-electron chi connectivity index (χ2n) is 11.6. The Balaban J connectivity index is 1.57. The number of rotatable bonds is 7. The summed E-state index contributed by atoms with van der Waals surface area (Å²) in [5.41, 5.74) is -0.973. The normalized spacial score (nSPS) is 17.2. The molecular weight excluding hydrogens is 567 g/mol. The van der Waals surface area contributed by atoms with Gasteiger partial charge in [-0.3, -0.25) is 14.9 Å². The first-order valence-corrected chi connectivity index (χ1v) is 13.8. The third-order valence-corrected chi connectivity index (χ3v) is 7.25. The minimum Gasteiger partial charge on any atom is -0.444 e. The van der Waals surface area contributed by atoms with Crippen molar-refractivity contribution in [3.8, 4) is 6.07 Å². The molecular formula is C30H32F3N5O5. The van der Waals surface area contributed by atoms with Gasteiger partial charge in [-0.1, -0.05) is 12.1 Å². The molecule has 0 aliphatic heterocycles. The molecule has 1 saturated carbocycles. The SMILES string of the molecule is CC(C)(C)OC(=O)NC1CCC(NC(=O)c2c([N+](=O)[O-])c3ccc(C#N)cc3n2CCc2ccc(C(F)(F)F)cc2)CC1. The van der Waals surface area contributed by atoms with Gasteiger partial charge in [0.2, 0.25) is 0 Å². The van der Waals surface area contributed by atoms with E-state index in [-0.39, 0.29) is 41.7 Å². The first-order chi connectivity index (χ1) is 20.2. The van der Waals surface area contributed by atoms with E-state index in [9.17, 15) is 38.1 Å². The smallest absolute Gasteiger partial charge is 0.416 e. The molecule has 2 amide bonds. The van der Waals surface area contributed by atoms with Crippen LogP contribution in [0, 0.1) is 21.4 Å². The Hall–Kier alpha value is -4.60. The van der Waals surface area contributed by atoms with Gasteiger partial charge < -0.3 is 19.9 Å². The van der Waals surface area contributed by atoms with E-state index in [4.69, 9.17) is 4.74 Å². The van der Waals surface area contributed by atoms with E-state index in [1.807, 2.05) is 6.07 Å². The first-order valence-electron chi connectivity index (χ1n) is 13.8. The molecule has 13 heteroatoms. The Labute approximate surface area is 246 Å². The largest absolute Gasteiger partial charge is 0.444 e. The molecule has 1 aromatic heterocycles. The van der Waals surface area contributed by atoms with Crippen molar-refractivity contribution in [2.24, 2.45) is 0 Å². The summed E-state index contributed by atoms with van der Waals surface area (Å²) >= 11 is 0. The van der Waals surface area contributed by atoms with E-state index in [2.05, 4.69) is 10.6 Å². The summed E-state index contributed by atoms with van der Waals surface area (Å²) in [6, 6.07) is 10.4. The minimum atomic E-state index is -4.49. The van der Waals surface area contributed by atoms with Crippen LogP contribution in [0.2, 0.25) is 0 Å². The number of alkyl halides is 3. The van der Waals surface area contributed by atoms with Crippen molar-refractivity contribution in [2.75, 3.05) is 0 Å². The number of aryl methyl sites for hydroxylation is 2. The van der Waals surface area contributed by atoms with E-state index < -0.39 is 40.0 Å². The number of fused-ring (bicyclic) bond motifs is 1. The number of carbonyl (C=O) groups excluding carboxylic acids is 2. The standard InChI is InChI=1S/C30H32F3N5O5/c1-29(2,3)43-28(40)36-22-11-9-21(10-12-22)35-27(39)26-25(38(41)42)23-13-6-19(17-34)16-24(23)37(26)15-14-18-4-7-20(8-5-18)30(31,32)33/h4-8,13,16,21-22H,9-12,14-15H2,1-3H3,(H,35,39)(H,36,40). The van der Waals surface area contributed by atoms with Gasteiger partial charge in [-0.25, -0.2) is 4.79 Å². The number of nitriles is 1. The van der Waals surface area contributed by atoms with E-state index in [1.54, 1.807) is 20.8 Å². The molecule has 0 unspecified atom stereocenters. The second-order valence-corrected chi connectivity index (χ2v) is 11.6. The Morgan fingerprint density at radius 3 is 2.19 bits per heavy atom. The monoisotopic (exact) mass is 599 g/mol. The van der Waals surface area contributed by atoms with Crippen molar-refractivity contribution in [1.82, 2.24) is 15.2 Å².